The van der Waals surface area contributed by atoms with Crippen LogP contribution in [0.15, 0.2) is 0 Å². The van der Waals surface area contributed by atoms with Gasteiger partial charge in [0.15, 0.2) is 0 Å². The number of rotatable bonds is 0. The van der Waals surface area contributed by atoms with Gasteiger partial charge in [0.2, 0.25) is 0 Å². The van der Waals surface area contributed by atoms with E-state index in [0.717, 1.165) is 0 Å². The average Bonchev–Trinajstić information content (AvgIpc) is 0. The van der Waals surface area contributed by atoms with Crippen LogP contribution in [0.4, 0.5) is 0 Å². The fraction of sp³-hybridized carbons (Fsp3) is 1.00. The third kappa shape index (κ3) is 344. The van der Waals surface area contributed by atoms with Crippen LogP contribution in [0.3, 0.4) is 0 Å². The molecule has 0 aliphatic carbocycles. The Morgan fingerprint density at radius 3 is 0.333 bits per heavy atom. The molecule has 0 bridgehead atoms. The van der Waals surface area contributed by atoms with E-state index in [4.69, 9.17) is 0 Å². The Balaban J connectivity index is 0. The second-order valence-corrected chi connectivity index (χ2v) is 0. The third-order valence-corrected chi connectivity index (χ3v) is 0. The summed E-state index contributed by atoms with van der Waals surface area (Å²) in [6.07, 6.45) is 0. The van der Waals surface area contributed by atoms with Crippen LogP contribution in [-0.4, -0.2) is 0 Å². The SMILES string of the molecule is C.C.C.N.N.N.P.P.P. The summed E-state index contributed by atoms with van der Waals surface area (Å²) in [5, 5.41) is 0. The van der Waals surface area contributed by atoms with Gasteiger partial charge >= 0.3 is 0 Å². The van der Waals surface area contributed by atoms with Gasteiger partial charge in [-0.25, -0.2) is 0 Å². The lowest BCUT2D eigenvalue weighted by Crippen LogP contribution is -0.482. The van der Waals surface area contributed by atoms with E-state index in [1.807, 2.05) is 0 Å². The Labute approximate surface area is 71.1 Å². The van der Waals surface area contributed by atoms with Crippen molar-refractivity contribution >= 4 is 29.7 Å². The van der Waals surface area contributed by atoms with Crippen LogP contribution in [0.1, 0.15) is 22.3 Å². The summed E-state index contributed by atoms with van der Waals surface area (Å²) in [4.78, 5) is 0. The molecule has 3 unspecified atom stereocenters. The molecule has 0 rings (SSSR count). The van der Waals surface area contributed by atoms with Gasteiger partial charge in [0.05, 0.1) is 0 Å². The van der Waals surface area contributed by atoms with E-state index >= 15 is 0 Å². The smallest absolute Gasteiger partial charge is 0.0776 e. The third-order valence-electron chi connectivity index (χ3n) is 0. The van der Waals surface area contributed by atoms with Crippen LogP contribution < -0.4 is 18.5 Å². The highest BCUT2D eigenvalue weighted by molar-refractivity contribution is 6.92. The van der Waals surface area contributed by atoms with Crippen LogP contribution >= 0.6 is 29.7 Å². The second-order valence-electron chi connectivity index (χ2n) is 0. The summed E-state index contributed by atoms with van der Waals surface area (Å²) in [5.74, 6) is 0. The van der Waals surface area contributed by atoms with Crippen LogP contribution in [-0.2, 0) is 0 Å². The van der Waals surface area contributed by atoms with Crippen molar-refractivity contribution in [1.82, 2.24) is 18.5 Å². The molecule has 6 heteroatoms. The van der Waals surface area contributed by atoms with Gasteiger partial charge in [-0.05, 0) is 0 Å². The predicted molar refractivity (Wildman–Crippen MR) is 68.6 cm³/mol. The zero-order chi connectivity index (χ0) is 0. The molecule has 0 spiro atoms. The standard InChI is InChI=1S/3CH4.3H3N.3H3P/h3*1H4;6*1H3. The van der Waals surface area contributed by atoms with Gasteiger partial charge in [0, 0.05) is 0 Å². The zero-order valence-corrected chi connectivity index (χ0v) is 8.49. The molecule has 0 aromatic heterocycles. The lowest BCUT2D eigenvalue weighted by molar-refractivity contribution is 2.13. The average molecular weight is 201 g/mol. The summed E-state index contributed by atoms with van der Waals surface area (Å²) in [5.41, 5.74) is 0. The molecule has 0 aliphatic rings. The first kappa shape index (κ1) is 625. The molecular formula is C3H30N3P3. The summed E-state index contributed by atoms with van der Waals surface area (Å²) in [6.45, 7) is 0. The maximum absolute atomic E-state index is 0. The summed E-state index contributed by atoms with van der Waals surface area (Å²) in [7, 11) is 0. The minimum absolute atomic E-state index is 0. The van der Waals surface area contributed by atoms with Crippen molar-refractivity contribution in [1.29, 1.82) is 0 Å². The molecule has 9 N–H and O–H groups in total. The van der Waals surface area contributed by atoms with Crippen LogP contribution in [0.2, 0.25) is 0 Å². The zero-order valence-electron chi connectivity index (χ0n) is 4.24. The van der Waals surface area contributed by atoms with Crippen molar-refractivity contribution in [3.05, 3.63) is 0 Å². The summed E-state index contributed by atoms with van der Waals surface area (Å²) >= 11 is 0. The van der Waals surface area contributed by atoms with Gasteiger partial charge in [-0.15, -0.1) is 0 Å². The quantitative estimate of drug-likeness (QED) is 0.524. The lowest BCUT2D eigenvalue weighted by Gasteiger charge is -0.345. The second kappa shape index (κ2) is 447. The summed E-state index contributed by atoms with van der Waals surface area (Å²) in [6, 6.07) is 0. The van der Waals surface area contributed by atoms with Crippen molar-refractivity contribution in [2.45, 2.75) is 22.3 Å². The van der Waals surface area contributed by atoms with Gasteiger partial charge in [-0.1, -0.05) is 22.3 Å². The maximum atomic E-state index is 0. The van der Waals surface area contributed by atoms with E-state index in [1.54, 1.807) is 0 Å². The maximum Gasteiger partial charge on any atom is -0.0776 e. The van der Waals surface area contributed by atoms with Gasteiger partial charge in [0.1, 0.15) is 0 Å². The largest absolute Gasteiger partial charge is 0.344 e. The minimum atomic E-state index is 0. The van der Waals surface area contributed by atoms with E-state index < -0.39 is 0 Å². The lowest BCUT2D eigenvalue weighted by atomic mass is 12.0. The Bertz CT molecular complexity index is 14.3. The highest BCUT2D eigenvalue weighted by atomic mass is 31.0. The van der Waals surface area contributed by atoms with Gasteiger partial charge < -0.3 is 18.5 Å². The first-order valence-corrected chi connectivity index (χ1v) is 0. The predicted octanol–water partition coefficient (Wildman–Crippen LogP) is 2.57. The van der Waals surface area contributed by atoms with Crippen molar-refractivity contribution in [3.63, 3.8) is 0 Å². The van der Waals surface area contributed by atoms with Crippen molar-refractivity contribution in [3.8, 4) is 0 Å². The first-order chi connectivity index (χ1) is 0. The van der Waals surface area contributed by atoms with Crippen LogP contribution in [0.5, 0.6) is 0 Å². The molecule has 0 saturated carbocycles. The molecule has 72 valence electrons. The van der Waals surface area contributed by atoms with Crippen LogP contribution in [0, 0.1) is 0 Å². The topological polar surface area (TPSA) is 105 Å². The fourth-order valence-electron chi connectivity index (χ4n) is 0. The Morgan fingerprint density at radius 1 is 0.333 bits per heavy atom. The van der Waals surface area contributed by atoms with E-state index in [9.17, 15) is 0 Å². The molecule has 0 fully saturated rings. The van der Waals surface area contributed by atoms with Gasteiger partial charge in [-0.2, -0.15) is 29.7 Å². The highest BCUT2D eigenvalue weighted by Crippen LogP contribution is 0.863. The fourth-order valence-corrected chi connectivity index (χ4v) is 0. The molecule has 0 heterocycles. The molecule has 9 heavy (non-hydrogen) atoms. The highest BCUT2D eigenvalue weighted by Gasteiger charge is -0.0754. The molecule has 3 nitrogen and oxygen atoms in total. The van der Waals surface area contributed by atoms with Crippen molar-refractivity contribution in [2.24, 2.45) is 0 Å². The Hall–Kier alpha value is 1.17. The molecule has 0 saturated heterocycles. The Kier molecular flexibility index (Phi) is 31000. The van der Waals surface area contributed by atoms with E-state index in [2.05, 4.69) is 0 Å². The van der Waals surface area contributed by atoms with Crippen molar-refractivity contribution in [2.75, 3.05) is 0 Å². The normalized spacial score (nSPS) is 0. The molecule has 0 aromatic carbocycles. The summed E-state index contributed by atoms with van der Waals surface area (Å²) < 4.78 is 0. The molecule has 0 radical (unpaired) electrons. The Morgan fingerprint density at radius 2 is 0.333 bits per heavy atom. The van der Waals surface area contributed by atoms with Gasteiger partial charge in [0.25, 0.3) is 0 Å². The van der Waals surface area contributed by atoms with Crippen LogP contribution in [0.25, 0.3) is 0 Å². The van der Waals surface area contributed by atoms with Gasteiger partial charge in [-0.3, -0.25) is 0 Å². The molecule has 0 aliphatic heterocycles. The molecule has 0 aromatic rings. The van der Waals surface area contributed by atoms with E-state index in [-0.39, 0.29) is 70.4 Å². The van der Waals surface area contributed by atoms with E-state index in [0.29, 0.717) is 0 Å². The monoisotopic (exact) mass is 201 g/mol. The number of hydrogen-bond donors (Lipinski definition) is 3. The molecular weight excluding hydrogens is 171 g/mol. The van der Waals surface area contributed by atoms with E-state index in [1.165, 1.54) is 0 Å². The minimum Gasteiger partial charge on any atom is -0.344 e. The first-order valence-electron chi connectivity index (χ1n) is 0. The molecule has 0 amide bonds. The molecule has 3 atom stereocenters. The van der Waals surface area contributed by atoms with Crippen molar-refractivity contribution < 1.29 is 0 Å². The number of hydrogen-bond acceptors (Lipinski definition) is 3.